The number of carbonyl (C=O) groups is 4. The van der Waals surface area contributed by atoms with Crippen molar-refractivity contribution in [2.45, 2.75) is 128 Å². The molecule has 1 aliphatic heterocycles. The number of hydrogen-bond acceptors (Lipinski definition) is 16. The van der Waals surface area contributed by atoms with Crippen LogP contribution in [0.1, 0.15) is 103 Å². The number of aromatic nitrogens is 4. The molecule has 0 fully saturated rings. The molecule has 3 atom stereocenters. The van der Waals surface area contributed by atoms with E-state index in [9.17, 15) is 39.3 Å². The number of nitrogens with zero attached hydrogens (tertiary/aromatic N) is 3. The number of hydrogen-bond donors (Lipinski definition) is 5. The summed E-state index contributed by atoms with van der Waals surface area (Å²) in [6.07, 6.45) is 12.7. The topological polar surface area (TPSA) is 265 Å². The molecule has 3 heterocycles. The van der Waals surface area contributed by atoms with Gasteiger partial charge in [0, 0.05) is 12.8 Å². The SMILES string of the molecule is CCCCCC[C@H](C/C=C\CCCCCCCC(=O)OCCOCn1cnc2c(=O)[nH]c(N)nc21)OC(=O)CCC(=O)OCC(O)C1OC(=O)C(O)=C1O. The number of H-pyrrole nitrogens is 1. The minimum atomic E-state index is -1.60. The van der Waals surface area contributed by atoms with Crippen molar-refractivity contribution in [3.05, 3.63) is 40.4 Å². The van der Waals surface area contributed by atoms with Crippen molar-refractivity contribution >= 4 is 41.0 Å². The van der Waals surface area contributed by atoms with Crippen molar-refractivity contribution in [2.75, 3.05) is 25.6 Å². The first-order chi connectivity index (χ1) is 26.0. The van der Waals surface area contributed by atoms with E-state index in [0.29, 0.717) is 24.9 Å². The number of aromatic amines is 1. The van der Waals surface area contributed by atoms with Crippen LogP contribution in [0.2, 0.25) is 0 Å². The minimum Gasteiger partial charge on any atom is -0.505 e. The van der Waals surface area contributed by atoms with Gasteiger partial charge >= 0.3 is 23.9 Å². The van der Waals surface area contributed by atoms with E-state index < -0.39 is 53.8 Å². The molecule has 300 valence electrons. The highest BCUT2D eigenvalue weighted by atomic mass is 16.6. The molecule has 0 spiro atoms. The number of nitrogen functional groups attached to an aromatic ring is 1. The molecule has 0 bridgehead atoms. The Kier molecular flexibility index (Phi) is 19.0. The smallest absolute Gasteiger partial charge is 0.377 e. The summed E-state index contributed by atoms with van der Waals surface area (Å²) in [5, 5.41) is 29.0. The number of aliphatic hydroxyl groups excluding tert-OH is 3. The first-order valence-electron chi connectivity index (χ1n) is 18.4. The summed E-state index contributed by atoms with van der Waals surface area (Å²) in [4.78, 5) is 70.2. The van der Waals surface area contributed by atoms with Crippen LogP contribution in [0.15, 0.2) is 34.8 Å². The number of ether oxygens (including phenoxy) is 5. The number of nitrogens with two attached hydrogens (primary N) is 1. The summed E-state index contributed by atoms with van der Waals surface area (Å²) in [7, 11) is 0. The molecule has 3 rings (SSSR count). The maximum atomic E-state index is 12.5. The quantitative estimate of drug-likeness (QED) is 0.0376. The minimum absolute atomic E-state index is 0.0187. The van der Waals surface area contributed by atoms with Crippen molar-refractivity contribution in [3.63, 3.8) is 0 Å². The van der Waals surface area contributed by atoms with Crippen LogP contribution in [0.4, 0.5) is 5.95 Å². The molecule has 2 unspecified atom stereocenters. The third-order valence-electron chi connectivity index (χ3n) is 8.45. The van der Waals surface area contributed by atoms with Crippen LogP contribution in [-0.2, 0) is 49.6 Å². The van der Waals surface area contributed by atoms with E-state index in [4.69, 9.17) is 24.7 Å². The normalized spacial score (nSPS) is 15.4. The highest BCUT2D eigenvalue weighted by molar-refractivity contribution is 5.89. The second-order valence-corrected chi connectivity index (χ2v) is 12.9. The summed E-state index contributed by atoms with van der Waals surface area (Å²) in [5.74, 6) is -4.68. The van der Waals surface area contributed by atoms with Gasteiger partial charge in [-0.1, -0.05) is 57.6 Å². The lowest BCUT2D eigenvalue weighted by atomic mass is 10.1. The zero-order valence-corrected chi connectivity index (χ0v) is 30.7. The molecule has 0 radical (unpaired) electrons. The monoisotopic (exact) mass is 763 g/mol. The second-order valence-electron chi connectivity index (χ2n) is 12.9. The number of unbranched alkanes of at least 4 members (excludes halogenated alkanes) is 8. The van der Waals surface area contributed by atoms with Gasteiger partial charge in [0.2, 0.25) is 11.7 Å². The molecule has 1 aliphatic rings. The van der Waals surface area contributed by atoms with E-state index in [-0.39, 0.29) is 56.3 Å². The molecule has 0 aromatic carbocycles. The zero-order valence-electron chi connectivity index (χ0n) is 30.7. The largest absolute Gasteiger partial charge is 0.505 e. The van der Waals surface area contributed by atoms with Crippen LogP contribution in [-0.4, -0.2) is 96.8 Å². The standard InChI is InChI=1S/C36H53N5O13/c1-2-3-4-11-14-24(53-28(45)18-17-27(44)52-21-25(42)32-30(46)31(47)35(49)54-32)15-12-9-7-5-6-8-10-13-16-26(43)51-20-19-50-23-41-22-38-29-33(41)39-36(37)40-34(29)48/h9,12,22,24-25,32,42,46-47H,2-8,10-11,13-21,23H2,1H3,(H3,37,39,40,48)/b12-9-/t24-,25?,32?/m1/s1. The third kappa shape index (κ3) is 15.2. The summed E-state index contributed by atoms with van der Waals surface area (Å²) >= 11 is 0. The number of cyclic esters (lactones) is 1. The fraction of sp³-hybridized carbons (Fsp3) is 0.639. The van der Waals surface area contributed by atoms with E-state index in [1.165, 1.54) is 10.9 Å². The number of aliphatic hydroxyl groups is 3. The van der Waals surface area contributed by atoms with Crippen LogP contribution < -0.4 is 11.3 Å². The van der Waals surface area contributed by atoms with Gasteiger partial charge in [0.05, 0.1) is 25.8 Å². The highest BCUT2D eigenvalue weighted by Crippen LogP contribution is 2.22. The zero-order chi connectivity index (χ0) is 39.3. The average molecular weight is 764 g/mol. The van der Waals surface area contributed by atoms with Crippen molar-refractivity contribution < 1.29 is 58.2 Å². The maximum Gasteiger partial charge on any atom is 0.377 e. The highest BCUT2D eigenvalue weighted by Gasteiger charge is 2.39. The molecule has 2 aromatic heterocycles. The van der Waals surface area contributed by atoms with Crippen LogP contribution in [0.25, 0.3) is 11.2 Å². The lowest BCUT2D eigenvalue weighted by molar-refractivity contribution is -0.158. The molecular formula is C36H53N5O13. The van der Waals surface area contributed by atoms with E-state index in [1.807, 2.05) is 6.08 Å². The Morgan fingerprint density at radius 1 is 0.963 bits per heavy atom. The van der Waals surface area contributed by atoms with Crippen LogP contribution in [0.5, 0.6) is 0 Å². The van der Waals surface area contributed by atoms with Gasteiger partial charge in [0.15, 0.2) is 23.0 Å². The first-order valence-corrected chi connectivity index (χ1v) is 18.4. The Morgan fingerprint density at radius 2 is 1.69 bits per heavy atom. The van der Waals surface area contributed by atoms with E-state index >= 15 is 0 Å². The number of allylic oxidation sites excluding steroid dienone is 1. The molecule has 0 saturated carbocycles. The Hall–Kier alpha value is -4.97. The van der Waals surface area contributed by atoms with Gasteiger partial charge in [-0.25, -0.2) is 9.78 Å². The number of fused-ring (bicyclic) bond motifs is 1. The number of anilines is 1. The number of carbonyl (C=O) groups excluding carboxylic acids is 4. The number of imidazole rings is 1. The number of rotatable bonds is 27. The van der Waals surface area contributed by atoms with E-state index in [2.05, 4.69) is 32.7 Å². The number of nitrogens with one attached hydrogen (secondary N) is 1. The maximum absolute atomic E-state index is 12.5. The lowest BCUT2D eigenvalue weighted by Gasteiger charge is -2.18. The molecule has 0 saturated heterocycles. The van der Waals surface area contributed by atoms with Gasteiger partial charge in [0.25, 0.3) is 5.56 Å². The first kappa shape index (κ1) is 43.4. The van der Waals surface area contributed by atoms with Crippen LogP contribution in [0.3, 0.4) is 0 Å². The van der Waals surface area contributed by atoms with Crippen molar-refractivity contribution in [1.29, 1.82) is 0 Å². The van der Waals surface area contributed by atoms with E-state index in [0.717, 1.165) is 64.2 Å². The van der Waals surface area contributed by atoms with Crippen molar-refractivity contribution in [3.8, 4) is 0 Å². The van der Waals surface area contributed by atoms with Crippen LogP contribution in [0, 0.1) is 0 Å². The van der Waals surface area contributed by atoms with Crippen molar-refractivity contribution in [1.82, 2.24) is 19.5 Å². The predicted molar refractivity (Wildman–Crippen MR) is 193 cm³/mol. The summed E-state index contributed by atoms with van der Waals surface area (Å²) in [6, 6.07) is 0. The van der Waals surface area contributed by atoms with Gasteiger partial charge in [-0.3, -0.25) is 28.7 Å². The second kappa shape index (κ2) is 23.6. The van der Waals surface area contributed by atoms with Gasteiger partial charge in [-0.05, 0) is 32.1 Å². The Balaban J connectivity index is 1.21. The predicted octanol–water partition coefficient (Wildman–Crippen LogP) is 3.72. The molecule has 0 amide bonds. The Bertz CT molecular complexity index is 1640. The van der Waals surface area contributed by atoms with Gasteiger partial charge in [-0.15, -0.1) is 0 Å². The van der Waals surface area contributed by atoms with Gasteiger partial charge in [-0.2, -0.15) is 4.98 Å². The van der Waals surface area contributed by atoms with Gasteiger partial charge < -0.3 is 44.7 Å². The molecule has 6 N–H and O–H groups in total. The van der Waals surface area contributed by atoms with E-state index in [1.54, 1.807) is 0 Å². The fourth-order valence-electron chi connectivity index (χ4n) is 5.48. The summed E-state index contributed by atoms with van der Waals surface area (Å²) in [6.45, 7) is 1.85. The summed E-state index contributed by atoms with van der Waals surface area (Å²) < 4.78 is 27.5. The Morgan fingerprint density at radius 3 is 2.44 bits per heavy atom. The summed E-state index contributed by atoms with van der Waals surface area (Å²) in [5.41, 5.74) is 5.62. The van der Waals surface area contributed by atoms with Gasteiger partial charge in [0.1, 0.15) is 32.2 Å². The number of esters is 4. The lowest BCUT2D eigenvalue weighted by Crippen LogP contribution is -2.33. The molecule has 18 nitrogen and oxygen atoms in total. The average Bonchev–Trinajstić information content (AvgIpc) is 3.67. The third-order valence-corrected chi connectivity index (χ3v) is 8.45. The molecule has 18 heteroatoms. The molecule has 54 heavy (non-hydrogen) atoms. The molecule has 0 aliphatic carbocycles. The molecular weight excluding hydrogens is 710 g/mol. The fourth-order valence-corrected chi connectivity index (χ4v) is 5.48. The van der Waals surface area contributed by atoms with Crippen LogP contribution >= 0.6 is 0 Å². The Labute approximate surface area is 312 Å². The van der Waals surface area contributed by atoms with Crippen molar-refractivity contribution in [2.24, 2.45) is 0 Å². The molecule has 2 aromatic rings.